The molecule has 100 valence electrons. The van der Waals surface area contributed by atoms with Crippen molar-refractivity contribution >= 4 is 11.9 Å². The minimum absolute atomic E-state index is 0.176. The van der Waals surface area contributed by atoms with Crippen LogP contribution in [-0.2, 0) is 9.59 Å². The molecule has 0 aromatic heterocycles. The molecule has 0 rings (SSSR count). The highest BCUT2D eigenvalue weighted by atomic mass is 16.5. The molecule has 0 heterocycles. The average Bonchev–Trinajstić information content (AvgIpc) is 2.19. The smallest absolute Gasteiger partial charge is 0.330 e. The normalized spacial score (nSPS) is 8.12. The van der Waals surface area contributed by atoms with E-state index in [-0.39, 0.29) is 11.1 Å². The van der Waals surface area contributed by atoms with Crippen molar-refractivity contribution in [2.45, 2.75) is 33.5 Å². The minimum Gasteiger partial charge on any atom is -0.478 e. The van der Waals surface area contributed by atoms with E-state index in [2.05, 4.69) is 13.2 Å². The molecular formula is C11H20O6. The number of rotatable bonds is 3. The molecule has 0 amide bonds. The van der Waals surface area contributed by atoms with E-state index < -0.39 is 18.2 Å². The molecule has 0 radical (unpaired) electrons. The van der Waals surface area contributed by atoms with Crippen molar-refractivity contribution in [1.82, 2.24) is 0 Å². The predicted octanol–water partition coefficient (Wildman–Crippen LogP) is 1.00. The molecule has 0 saturated carbocycles. The van der Waals surface area contributed by atoms with Crippen molar-refractivity contribution in [3.63, 3.8) is 0 Å². The van der Waals surface area contributed by atoms with Crippen LogP contribution in [0.2, 0.25) is 0 Å². The minimum atomic E-state index is -1.12. The number of carboxylic acids is 2. The van der Waals surface area contributed by atoms with E-state index in [0.29, 0.717) is 6.42 Å². The Morgan fingerprint density at radius 2 is 1.12 bits per heavy atom. The van der Waals surface area contributed by atoms with Gasteiger partial charge in [-0.2, -0.15) is 0 Å². The fourth-order valence-electron chi connectivity index (χ4n) is 0. The highest BCUT2D eigenvalue weighted by Crippen LogP contribution is 1.81. The molecule has 6 heteroatoms. The lowest BCUT2D eigenvalue weighted by atomic mass is 10.4. The molecule has 0 bridgehead atoms. The van der Waals surface area contributed by atoms with Gasteiger partial charge in [0, 0.05) is 11.1 Å². The quantitative estimate of drug-likeness (QED) is 0.437. The highest BCUT2D eigenvalue weighted by Gasteiger charge is 1.90. The van der Waals surface area contributed by atoms with E-state index in [9.17, 15) is 9.59 Å². The summed E-state index contributed by atoms with van der Waals surface area (Å²) in [4.78, 5) is 19.2. The van der Waals surface area contributed by atoms with Crippen LogP contribution in [0.4, 0.5) is 0 Å². The van der Waals surface area contributed by atoms with Gasteiger partial charge in [0.05, 0.1) is 0 Å². The van der Waals surface area contributed by atoms with Crippen molar-refractivity contribution in [1.29, 1.82) is 0 Å². The Balaban J connectivity index is -0.000000174. The van der Waals surface area contributed by atoms with E-state index in [0.717, 1.165) is 0 Å². The Morgan fingerprint density at radius 3 is 1.12 bits per heavy atom. The molecule has 0 aromatic rings. The molecule has 4 N–H and O–H groups in total. The lowest BCUT2D eigenvalue weighted by Gasteiger charge is -1.90. The second-order valence-corrected chi connectivity index (χ2v) is 3.06. The predicted molar refractivity (Wildman–Crippen MR) is 63.4 cm³/mol. The van der Waals surface area contributed by atoms with Gasteiger partial charge in [0.2, 0.25) is 0 Å². The molecule has 0 spiro atoms. The molecule has 0 aromatic carbocycles. The second kappa shape index (κ2) is 12.4. The summed E-state index contributed by atoms with van der Waals surface area (Å²) in [5.74, 6) is -1.87. The van der Waals surface area contributed by atoms with Gasteiger partial charge in [0.25, 0.3) is 0 Å². The molecule has 17 heavy (non-hydrogen) atoms. The maximum absolute atomic E-state index is 9.60. The van der Waals surface area contributed by atoms with Crippen molar-refractivity contribution < 1.29 is 30.0 Å². The first-order chi connectivity index (χ1) is 7.56. The van der Waals surface area contributed by atoms with Gasteiger partial charge in [0.1, 0.15) is 0 Å². The van der Waals surface area contributed by atoms with Gasteiger partial charge >= 0.3 is 11.9 Å². The molecule has 0 aliphatic heterocycles. The molecule has 0 fully saturated rings. The number of aliphatic carboxylic acids is 2. The average molecular weight is 248 g/mol. The molecule has 0 aliphatic rings. The molecule has 0 saturated heterocycles. The standard InChI is InChI=1S/2C4H6O2.C3H8O2/c2*1-3(2)4(5)6;1-2-3(4)5/h2*1H2,2H3,(H,5,6);3-5H,2H2,1H3. The fourth-order valence-corrected chi connectivity index (χ4v) is 0. The van der Waals surface area contributed by atoms with Crippen LogP contribution in [0.3, 0.4) is 0 Å². The lowest BCUT2D eigenvalue weighted by molar-refractivity contribution is -0.133. The first kappa shape index (κ1) is 20.7. The van der Waals surface area contributed by atoms with Crippen LogP contribution in [0, 0.1) is 0 Å². The van der Waals surface area contributed by atoms with E-state index in [4.69, 9.17) is 20.4 Å². The molecule has 0 atom stereocenters. The third kappa shape index (κ3) is 31.4. The van der Waals surface area contributed by atoms with Crippen LogP contribution in [0.15, 0.2) is 24.3 Å². The van der Waals surface area contributed by atoms with Crippen LogP contribution in [0.25, 0.3) is 0 Å². The second-order valence-electron chi connectivity index (χ2n) is 3.06. The summed E-state index contributed by atoms with van der Waals surface area (Å²) < 4.78 is 0. The monoisotopic (exact) mass is 248 g/mol. The third-order valence-electron chi connectivity index (χ3n) is 1.10. The van der Waals surface area contributed by atoms with Crippen molar-refractivity contribution in [3.8, 4) is 0 Å². The Labute approximate surface area is 101 Å². The maximum atomic E-state index is 9.60. The van der Waals surface area contributed by atoms with Gasteiger partial charge in [-0.25, -0.2) is 9.59 Å². The van der Waals surface area contributed by atoms with Gasteiger partial charge in [-0.1, -0.05) is 20.1 Å². The summed E-state index contributed by atoms with van der Waals surface area (Å²) in [6, 6.07) is 0. The number of aliphatic hydroxyl groups excluding tert-OH is 1. The van der Waals surface area contributed by atoms with E-state index in [1.807, 2.05) is 0 Å². The lowest BCUT2D eigenvalue weighted by Crippen LogP contribution is -1.99. The van der Waals surface area contributed by atoms with E-state index >= 15 is 0 Å². The van der Waals surface area contributed by atoms with E-state index in [1.165, 1.54) is 13.8 Å². The zero-order chi connectivity index (χ0) is 14.6. The summed E-state index contributed by atoms with van der Waals surface area (Å²) in [6.45, 7) is 10.9. The fraction of sp³-hybridized carbons (Fsp3) is 0.455. The number of hydrogen-bond acceptors (Lipinski definition) is 4. The number of carbonyl (C=O) groups is 2. The first-order valence-corrected chi connectivity index (χ1v) is 4.69. The Hall–Kier alpha value is -1.66. The van der Waals surface area contributed by atoms with E-state index in [1.54, 1.807) is 6.92 Å². The van der Waals surface area contributed by atoms with Gasteiger partial charge < -0.3 is 20.4 Å². The van der Waals surface area contributed by atoms with Crippen molar-refractivity contribution in [3.05, 3.63) is 24.3 Å². The summed E-state index contributed by atoms with van der Waals surface area (Å²) >= 11 is 0. The Morgan fingerprint density at radius 1 is 1.00 bits per heavy atom. The topological polar surface area (TPSA) is 115 Å². The molecule has 6 nitrogen and oxygen atoms in total. The summed E-state index contributed by atoms with van der Waals surface area (Å²) in [5.41, 5.74) is 0.352. The molecular weight excluding hydrogens is 228 g/mol. The Kier molecular flexibility index (Phi) is 15.1. The van der Waals surface area contributed by atoms with Crippen LogP contribution in [0.1, 0.15) is 27.2 Å². The Bertz CT molecular complexity index is 219. The van der Waals surface area contributed by atoms with Crippen LogP contribution in [-0.4, -0.2) is 38.7 Å². The highest BCUT2D eigenvalue weighted by molar-refractivity contribution is 5.85. The van der Waals surface area contributed by atoms with Crippen molar-refractivity contribution in [2.24, 2.45) is 0 Å². The van der Waals surface area contributed by atoms with Gasteiger partial charge in [-0.3, -0.25) is 0 Å². The molecule has 0 aliphatic carbocycles. The first-order valence-electron chi connectivity index (χ1n) is 4.69. The van der Waals surface area contributed by atoms with Crippen LogP contribution < -0.4 is 0 Å². The van der Waals surface area contributed by atoms with Crippen LogP contribution in [0.5, 0.6) is 0 Å². The van der Waals surface area contributed by atoms with Gasteiger partial charge in [-0.05, 0) is 20.3 Å². The van der Waals surface area contributed by atoms with Gasteiger partial charge in [-0.15, -0.1) is 0 Å². The van der Waals surface area contributed by atoms with Crippen molar-refractivity contribution in [2.75, 3.05) is 0 Å². The third-order valence-corrected chi connectivity index (χ3v) is 1.10. The van der Waals surface area contributed by atoms with Crippen LogP contribution >= 0.6 is 0 Å². The number of carboxylic acid groups (broad SMARTS) is 2. The largest absolute Gasteiger partial charge is 0.478 e. The zero-order valence-electron chi connectivity index (χ0n) is 10.3. The summed E-state index contributed by atoms with van der Waals surface area (Å²) in [6.07, 6.45) is -0.699. The number of hydrogen-bond donors (Lipinski definition) is 4. The summed E-state index contributed by atoms with van der Waals surface area (Å²) in [5, 5.41) is 31.6. The summed E-state index contributed by atoms with van der Waals surface area (Å²) in [7, 11) is 0. The zero-order valence-corrected chi connectivity index (χ0v) is 10.3. The maximum Gasteiger partial charge on any atom is 0.330 e. The molecule has 0 unspecified atom stereocenters. The van der Waals surface area contributed by atoms with Gasteiger partial charge in [0.15, 0.2) is 6.29 Å². The number of aliphatic hydroxyl groups is 2. The SMILES string of the molecule is C=C(C)C(=O)O.C=C(C)C(=O)O.CCC(O)O.